The molecule has 0 aliphatic carbocycles. The van der Waals surface area contributed by atoms with Crippen LogP contribution < -0.4 is 5.73 Å². The lowest BCUT2D eigenvalue weighted by molar-refractivity contribution is -0.163. The van der Waals surface area contributed by atoms with E-state index in [9.17, 15) is 24.6 Å². The van der Waals surface area contributed by atoms with Crippen molar-refractivity contribution in [2.45, 2.75) is 57.1 Å². The van der Waals surface area contributed by atoms with Gasteiger partial charge in [-0.1, -0.05) is 6.92 Å². The van der Waals surface area contributed by atoms with Gasteiger partial charge in [0.15, 0.2) is 0 Å². The first kappa shape index (κ1) is 23.9. The summed E-state index contributed by atoms with van der Waals surface area (Å²) in [6.45, 7) is 5.86. The summed E-state index contributed by atoms with van der Waals surface area (Å²) in [5, 5.41) is 28.0. The van der Waals surface area contributed by atoms with Crippen LogP contribution in [-0.2, 0) is 14.4 Å². The number of thioether (sulfide) groups is 2. The standard InChI is InChI=1S/C20H30N4O5S2/c1-9-16-15(10(2)25)19(27)24(16)17(20(28)29)18(9)31-13-6-12(23(7-13)11(3)21)8-30-5-4-14(22)26/h9-10,12-13,15-16,21,25H,4-8H2,1-3H3,(H2,22,26)(H,28,29)/t9-,10-,12+,13+,15-,16?/m1/s1. The lowest BCUT2D eigenvalue weighted by atomic mass is 9.79. The molecule has 31 heavy (non-hydrogen) atoms. The van der Waals surface area contributed by atoms with Gasteiger partial charge < -0.3 is 25.7 Å². The fourth-order valence-corrected chi connectivity index (χ4v) is 7.44. The van der Waals surface area contributed by atoms with Crippen molar-refractivity contribution in [1.29, 1.82) is 5.41 Å². The van der Waals surface area contributed by atoms with Crippen molar-refractivity contribution in [3.8, 4) is 0 Å². The van der Waals surface area contributed by atoms with Crippen LogP contribution >= 0.6 is 23.5 Å². The molecule has 0 saturated carbocycles. The molecule has 3 heterocycles. The summed E-state index contributed by atoms with van der Waals surface area (Å²) in [6.07, 6.45) is 0.285. The van der Waals surface area contributed by atoms with E-state index in [0.29, 0.717) is 29.5 Å². The van der Waals surface area contributed by atoms with Gasteiger partial charge >= 0.3 is 5.97 Å². The van der Waals surface area contributed by atoms with Gasteiger partial charge in [0.1, 0.15) is 5.70 Å². The predicted octanol–water partition coefficient (Wildman–Crippen LogP) is 0.922. The molecule has 0 bridgehead atoms. The second-order valence-corrected chi connectivity index (χ2v) is 10.9. The molecule has 3 rings (SSSR count). The van der Waals surface area contributed by atoms with Gasteiger partial charge in [-0.2, -0.15) is 11.8 Å². The maximum atomic E-state index is 12.5. The first-order chi connectivity index (χ1) is 14.5. The molecule has 0 radical (unpaired) electrons. The fourth-order valence-electron chi connectivity index (χ4n) is 4.78. The van der Waals surface area contributed by atoms with Crippen molar-refractivity contribution in [1.82, 2.24) is 9.80 Å². The third-order valence-electron chi connectivity index (χ3n) is 6.21. The van der Waals surface area contributed by atoms with Gasteiger partial charge in [-0.15, -0.1) is 11.8 Å². The number of aliphatic carboxylic acids is 1. The Hall–Kier alpha value is -1.72. The number of amidine groups is 1. The SMILES string of the molecule is CC(=N)N1C[C@@H](SC2=C(C(=O)O)N3C(=O)[C@H]([C@@H](C)O)C3[C@H]2C)C[C@H]1CSCCC(N)=O. The predicted molar refractivity (Wildman–Crippen MR) is 121 cm³/mol. The molecule has 11 heteroatoms. The Balaban J connectivity index is 1.72. The van der Waals surface area contributed by atoms with E-state index >= 15 is 0 Å². The molecule has 5 N–H and O–H groups in total. The molecule has 9 nitrogen and oxygen atoms in total. The summed E-state index contributed by atoms with van der Waals surface area (Å²) in [4.78, 5) is 39.5. The Labute approximate surface area is 190 Å². The molecule has 2 saturated heterocycles. The van der Waals surface area contributed by atoms with Crippen LogP contribution in [0.4, 0.5) is 0 Å². The van der Waals surface area contributed by atoms with E-state index in [0.717, 1.165) is 12.2 Å². The van der Waals surface area contributed by atoms with Crippen LogP contribution in [0.15, 0.2) is 10.6 Å². The smallest absolute Gasteiger partial charge is 0.353 e. The van der Waals surface area contributed by atoms with E-state index in [1.165, 1.54) is 16.7 Å². The van der Waals surface area contributed by atoms with Crippen molar-refractivity contribution < 1.29 is 24.6 Å². The molecule has 0 aromatic heterocycles. The van der Waals surface area contributed by atoms with E-state index in [-0.39, 0.29) is 40.8 Å². The first-order valence-electron chi connectivity index (χ1n) is 10.4. The van der Waals surface area contributed by atoms with E-state index in [1.54, 1.807) is 25.6 Å². The number of rotatable bonds is 9. The van der Waals surface area contributed by atoms with E-state index in [1.807, 2.05) is 11.8 Å². The summed E-state index contributed by atoms with van der Waals surface area (Å²) in [5.41, 5.74) is 5.24. The third-order valence-corrected chi connectivity index (χ3v) is 8.82. The summed E-state index contributed by atoms with van der Waals surface area (Å²) in [7, 11) is 0. The highest BCUT2D eigenvalue weighted by molar-refractivity contribution is 8.03. The summed E-state index contributed by atoms with van der Waals surface area (Å²) in [5.74, 6) is -0.642. The van der Waals surface area contributed by atoms with Crippen LogP contribution in [-0.4, -0.2) is 85.1 Å². The quantitative estimate of drug-likeness (QED) is 0.168. The monoisotopic (exact) mass is 470 g/mol. The molecule has 2 amide bonds. The number of nitrogens with two attached hydrogens (primary N) is 1. The highest BCUT2D eigenvalue weighted by Crippen LogP contribution is 2.52. The van der Waals surface area contributed by atoms with Crippen molar-refractivity contribution >= 4 is 47.1 Å². The van der Waals surface area contributed by atoms with Crippen LogP contribution in [0.25, 0.3) is 0 Å². The molecule has 0 spiro atoms. The largest absolute Gasteiger partial charge is 0.477 e. The minimum atomic E-state index is -1.12. The zero-order valence-corrected chi connectivity index (χ0v) is 19.5. The van der Waals surface area contributed by atoms with E-state index < -0.39 is 18.0 Å². The number of hydrogen-bond donors (Lipinski definition) is 4. The zero-order chi connectivity index (χ0) is 23.0. The Bertz CT molecular complexity index is 817. The van der Waals surface area contributed by atoms with Gasteiger partial charge in [0.2, 0.25) is 11.8 Å². The number of carbonyl (C=O) groups excluding carboxylic acids is 2. The Morgan fingerprint density at radius 3 is 2.61 bits per heavy atom. The number of fused-ring (bicyclic) bond motifs is 1. The van der Waals surface area contributed by atoms with Crippen LogP contribution in [0.2, 0.25) is 0 Å². The van der Waals surface area contributed by atoms with Crippen molar-refractivity contribution in [2.75, 3.05) is 18.1 Å². The minimum Gasteiger partial charge on any atom is -0.477 e. The Morgan fingerprint density at radius 1 is 1.39 bits per heavy atom. The lowest BCUT2D eigenvalue weighted by Gasteiger charge is -2.46. The highest BCUT2D eigenvalue weighted by atomic mass is 32.2. The summed E-state index contributed by atoms with van der Waals surface area (Å²) < 4.78 is 0. The number of aliphatic hydroxyl groups is 1. The van der Waals surface area contributed by atoms with Gasteiger partial charge in [-0.25, -0.2) is 4.79 Å². The van der Waals surface area contributed by atoms with Gasteiger partial charge in [0, 0.05) is 46.6 Å². The summed E-state index contributed by atoms with van der Waals surface area (Å²) >= 11 is 3.12. The molecule has 3 aliphatic rings. The van der Waals surface area contributed by atoms with Crippen molar-refractivity contribution in [3.63, 3.8) is 0 Å². The van der Waals surface area contributed by atoms with Gasteiger partial charge in [-0.3, -0.25) is 15.0 Å². The maximum absolute atomic E-state index is 12.5. The van der Waals surface area contributed by atoms with Crippen LogP contribution in [0.1, 0.15) is 33.6 Å². The lowest BCUT2D eigenvalue weighted by Crippen LogP contribution is -2.63. The average molecular weight is 471 g/mol. The van der Waals surface area contributed by atoms with Crippen molar-refractivity contribution in [2.24, 2.45) is 17.6 Å². The number of carboxylic acid groups (broad SMARTS) is 1. The Kier molecular flexibility index (Phi) is 7.27. The summed E-state index contributed by atoms with van der Waals surface area (Å²) in [6, 6.07) is -0.189. The molecule has 3 aliphatic heterocycles. The van der Waals surface area contributed by atoms with Crippen LogP contribution in [0.5, 0.6) is 0 Å². The number of amides is 2. The van der Waals surface area contributed by atoms with E-state index in [4.69, 9.17) is 11.1 Å². The van der Waals surface area contributed by atoms with Crippen LogP contribution in [0.3, 0.4) is 0 Å². The number of aliphatic hydroxyl groups excluding tert-OH is 1. The van der Waals surface area contributed by atoms with Gasteiger partial charge in [-0.05, 0) is 20.3 Å². The highest BCUT2D eigenvalue weighted by Gasteiger charge is 2.60. The van der Waals surface area contributed by atoms with Crippen molar-refractivity contribution in [3.05, 3.63) is 10.6 Å². The molecular formula is C20H30N4O5S2. The number of likely N-dealkylation sites (tertiary alicyclic amines) is 1. The number of primary amides is 1. The molecule has 2 fully saturated rings. The second kappa shape index (κ2) is 9.41. The zero-order valence-electron chi connectivity index (χ0n) is 17.9. The second-order valence-electron chi connectivity index (χ2n) is 8.43. The fraction of sp³-hybridized carbons (Fsp3) is 0.700. The molecule has 1 unspecified atom stereocenters. The van der Waals surface area contributed by atoms with Gasteiger partial charge in [0.05, 0.1) is 23.9 Å². The molecule has 6 atom stereocenters. The first-order valence-corrected chi connectivity index (χ1v) is 12.4. The van der Waals surface area contributed by atoms with Gasteiger partial charge in [0.25, 0.3) is 0 Å². The molecular weight excluding hydrogens is 440 g/mol. The Morgan fingerprint density at radius 2 is 2.06 bits per heavy atom. The van der Waals surface area contributed by atoms with E-state index in [2.05, 4.69) is 0 Å². The minimum absolute atomic E-state index is 0.0433. The topological polar surface area (TPSA) is 148 Å². The number of carbonyl (C=O) groups is 3. The average Bonchev–Trinajstić information content (AvgIpc) is 3.17. The number of nitrogens with one attached hydrogen (secondary N) is 1. The number of carboxylic acids is 1. The third kappa shape index (κ3) is 4.58. The molecule has 0 aromatic carbocycles. The number of nitrogens with zero attached hydrogens (tertiary/aromatic N) is 2. The molecule has 0 aromatic rings. The van der Waals surface area contributed by atoms with Crippen LogP contribution in [0, 0.1) is 17.2 Å². The number of β-lactam (4-membered cyclic amide) rings is 1. The molecule has 172 valence electrons. The maximum Gasteiger partial charge on any atom is 0.353 e. The normalized spacial score (nSPS) is 31.0. The number of hydrogen-bond acceptors (Lipinski definition) is 7.